The lowest BCUT2D eigenvalue weighted by Crippen LogP contribution is -2.47. The molecular weight excluding hydrogens is 343 g/mol. The molecule has 1 N–H and O–H groups in total. The van der Waals surface area contributed by atoms with E-state index in [0.29, 0.717) is 17.5 Å². The fraction of sp³-hybridized carbons (Fsp3) is 0.250. The third kappa shape index (κ3) is 4.13. The summed E-state index contributed by atoms with van der Waals surface area (Å²) >= 11 is 0. The smallest absolute Gasteiger partial charge is 0.247 e. The van der Waals surface area contributed by atoms with Crippen LogP contribution in [-0.4, -0.2) is 41.4 Å². The van der Waals surface area contributed by atoms with Gasteiger partial charge in [-0.05, 0) is 42.8 Å². The number of halogens is 1. The summed E-state index contributed by atoms with van der Waals surface area (Å²) in [5.74, 6) is 0.835. The zero-order valence-electron chi connectivity index (χ0n) is 15.1. The number of nitrogens with zero attached hydrogens (tertiary/aromatic N) is 5. The number of anilines is 4. The molecule has 138 valence electrons. The summed E-state index contributed by atoms with van der Waals surface area (Å²) in [7, 11) is 0. The SMILES string of the molecule is Cc1cccc(N2CCN(c3nncc(Nc4cccc(F)c4)n3)CC2)c1. The lowest BCUT2D eigenvalue weighted by atomic mass is 10.2. The van der Waals surface area contributed by atoms with Crippen molar-refractivity contribution in [1.82, 2.24) is 15.2 Å². The number of hydrogen-bond acceptors (Lipinski definition) is 6. The molecule has 1 aromatic heterocycles. The molecule has 0 spiro atoms. The van der Waals surface area contributed by atoms with Crippen molar-refractivity contribution in [1.29, 1.82) is 0 Å². The molecule has 0 unspecified atom stereocenters. The minimum Gasteiger partial charge on any atom is -0.368 e. The number of piperazine rings is 1. The van der Waals surface area contributed by atoms with E-state index in [1.165, 1.54) is 29.6 Å². The summed E-state index contributed by atoms with van der Waals surface area (Å²) in [6.45, 7) is 5.54. The van der Waals surface area contributed by atoms with Gasteiger partial charge in [0.05, 0.1) is 6.20 Å². The van der Waals surface area contributed by atoms with Crippen LogP contribution in [0.4, 0.5) is 27.5 Å². The third-order valence-corrected chi connectivity index (χ3v) is 4.57. The summed E-state index contributed by atoms with van der Waals surface area (Å²) in [6.07, 6.45) is 1.54. The van der Waals surface area contributed by atoms with E-state index < -0.39 is 0 Å². The maximum absolute atomic E-state index is 13.3. The molecule has 4 rings (SSSR count). The van der Waals surface area contributed by atoms with Gasteiger partial charge in [0.25, 0.3) is 0 Å². The van der Waals surface area contributed by atoms with Crippen LogP contribution in [0.3, 0.4) is 0 Å². The first-order valence-electron chi connectivity index (χ1n) is 8.96. The molecule has 0 amide bonds. The van der Waals surface area contributed by atoms with E-state index in [9.17, 15) is 4.39 Å². The Balaban J connectivity index is 1.42. The second-order valence-electron chi connectivity index (χ2n) is 6.59. The molecule has 0 atom stereocenters. The lowest BCUT2D eigenvalue weighted by Gasteiger charge is -2.36. The first-order chi connectivity index (χ1) is 13.2. The number of hydrogen-bond donors (Lipinski definition) is 1. The molecule has 3 aromatic rings. The number of benzene rings is 2. The molecule has 7 heteroatoms. The molecule has 6 nitrogen and oxygen atoms in total. The van der Waals surface area contributed by atoms with Gasteiger partial charge in [0.1, 0.15) is 5.82 Å². The van der Waals surface area contributed by atoms with Crippen molar-refractivity contribution in [3.05, 3.63) is 66.1 Å². The summed E-state index contributed by atoms with van der Waals surface area (Å²) in [5, 5.41) is 11.3. The van der Waals surface area contributed by atoms with Gasteiger partial charge in [-0.15, -0.1) is 5.10 Å². The average molecular weight is 364 g/mol. The van der Waals surface area contributed by atoms with E-state index in [1.807, 2.05) is 0 Å². The van der Waals surface area contributed by atoms with Gasteiger partial charge in [0.15, 0.2) is 5.82 Å². The molecule has 1 aliphatic heterocycles. The lowest BCUT2D eigenvalue weighted by molar-refractivity contribution is 0.628. The average Bonchev–Trinajstić information content (AvgIpc) is 2.68. The predicted octanol–water partition coefficient (Wildman–Crippen LogP) is 3.39. The van der Waals surface area contributed by atoms with Gasteiger partial charge in [-0.25, -0.2) is 4.39 Å². The Labute approximate surface area is 157 Å². The Morgan fingerprint density at radius 1 is 0.963 bits per heavy atom. The highest BCUT2D eigenvalue weighted by Gasteiger charge is 2.20. The van der Waals surface area contributed by atoms with E-state index in [-0.39, 0.29) is 5.82 Å². The van der Waals surface area contributed by atoms with Crippen molar-refractivity contribution >= 4 is 23.1 Å². The molecular formula is C20H21FN6. The predicted molar refractivity (Wildman–Crippen MR) is 105 cm³/mol. The van der Waals surface area contributed by atoms with E-state index in [4.69, 9.17) is 0 Å². The van der Waals surface area contributed by atoms with Crippen LogP contribution in [0, 0.1) is 12.7 Å². The minimum absolute atomic E-state index is 0.297. The fourth-order valence-corrected chi connectivity index (χ4v) is 3.19. The Morgan fingerprint density at radius 2 is 1.74 bits per heavy atom. The third-order valence-electron chi connectivity index (χ3n) is 4.57. The zero-order chi connectivity index (χ0) is 18.6. The first-order valence-corrected chi connectivity index (χ1v) is 8.96. The second kappa shape index (κ2) is 7.57. The van der Waals surface area contributed by atoms with E-state index >= 15 is 0 Å². The molecule has 0 aliphatic carbocycles. The van der Waals surface area contributed by atoms with Gasteiger partial charge in [-0.2, -0.15) is 10.1 Å². The van der Waals surface area contributed by atoms with Crippen LogP contribution in [0.2, 0.25) is 0 Å². The van der Waals surface area contributed by atoms with Crippen LogP contribution in [-0.2, 0) is 0 Å². The molecule has 0 bridgehead atoms. The van der Waals surface area contributed by atoms with Gasteiger partial charge in [0.2, 0.25) is 5.95 Å². The van der Waals surface area contributed by atoms with Crippen LogP contribution in [0.15, 0.2) is 54.7 Å². The van der Waals surface area contributed by atoms with Gasteiger partial charge in [-0.1, -0.05) is 18.2 Å². The number of rotatable bonds is 4. The van der Waals surface area contributed by atoms with Crippen LogP contribution in [0.5, 0.6) is 0 Å². The van der Waals surface area contributed by atoms with Crippen LogP contribution >= 0.6 is 0 Å². The van der Waals surface area contributed by atoms with Crippen molar-refractivity contribution in [2.24, 2.45) is 0 Å². The van der Waals surface area contributed by atoms with Crippen molar-refractivity contribution in [3.8, 4) is 0 Å². The molecule has 0 radical (unpaired) electrons. The molecule has 1 aliphatic rings. The van der Waals surface area contributed by atoms with E-state index in [0.717, 1.165) is 26.2 Å². The van der Waals surface area contributed by atoms with Gasteiger partial charge in [0, 0.05) is 37.6 Å². The summed E-state index contributed by atoms with van der Waals surface area (Å²) < 4.78 is 13.3. The highest BCUT2D eigenvalue weighted by Crippen LogP contribution is 2.21. The van der Waals surface area contributed by atoms with Crippen LogP contribution in [0.1, 0.15) is 5.56 Å². The zero-order valence-corrected chi connectivity index (χ0v) is 15.1. The van der Waals surface area contributed by atoms with Crippen molar-refractivity contribution in [3.63, 3.8) is 0 Å². The standard InChI is InChI=1S/C20H21FN6/c1-15-4-2-7-18(12-15)26-8-10-27(11-9-26)20-24-19(14-22-25-20)23-17-6-3-5-16(21)13-17/h2-7,12-14H,8-11H2,1H3,(H,23,24,25). The fourth-order valence-electron chi connectivity index (χ4n) is 3.19. The van der Waals surface area contributed by atoms with Gasteiger partial charge in [-0.3, -0.25) is 0 Å². The Hall–Kier alpha value is -3.22. The van der Waals surface area contributed by atoms with Gasteiger partial charge < -0.3 is 15.1 Å². The maximum Gasteiger partial charge on any atom is 0.247 e. The largest absolute Gasteiger partial charge is 0.368 e. The van der Waals surface area contributed by atoms with E-state index in [2.05, 4.69) is 61.5 Å². The van der Waals surface area contributed by atoms with Crippen LogP contribution in [0.25, 0.3) is 0 Å². The van der Waals surface area contributed by atoms with E-state index in [1.54, 1.807) is 12.1 Å². The van der Waals surface area contributed by atoms with Gasteiger partial charge >= 0.3 is 0 Å². The van der Waals surface area contributed by atoms with Crippen molar-refractivity contribution < 1.29 is 4.39 Å². The highest BCUT2D eigenvalue weighted by atomic mass is 19.1. The number of aryl methyl sites for hydroxylation is 1. The summed E-state index contributed by atoms with van der Waals surface area (Å²) in [4.78, 5) is 9.02. The summed E-state index contributed by atoms with van der Waals surface area (Å²) in [6, 6.07) is 14.8. The quantitative estimate of drug-likeness (QED) is 0.766. The normalized spacial score (nSPS) is 14.3. The Kier molecular flexibility index (Phi) is 4.82. The highest BCUT2D eigenvalue weighted by molar-refractivity contribution is 5.56. The topological polar surface area (TPSA) is 57.2 Å². The molecule has 0 saturated carbocycles. The summed E-state index contributed by atoms with van der Waals surface area (Å²) in [5.41, 5.74) is 3.14. The van der Waals surface area contributed by atoms with Crippen LogP contribution < -0.4 is 15.1 Å². The molecule has 1 saturated heterocycles. The number of aromatic nitrogens is 3. The number of nitrogens with one attached hydrogen (secondary N) is 1. The van der Waals surface area contributed by atoms with Crippen molar-refractivity contribution in [2.75, 3.05) is 41.3 Å². The Bertz CT molecular complexity index is 924. The maximum atomic E-state index is 13.3. The Morgan fingerprint density at radius 3 is 2.52 bits per heavy atom. The first kappa shape index (κ1) is 17.2. The minimum atomic E-state index is -0.297. The second-order valence-corrected chi connectivity index (χ2v) is 6.59. The monoisotopic (exact) mass is 364 g/mol. The molecule has 27 heavy (non-hydrogen) atoms. The molecule has 1 fully saturated rings. The molecule has 2 aromatic carbocycles. The van der Waals surface area contributed by atoms with Crippen molar-refractivity contribution in [2.45, 2.75) is 6.92 Å². The molecule has 2 heterocycles.